The van der Waals surface area contributed by atoms with Crippen molar-refractivity contribution in [3.8, 4) is 0 Å². The van der Waals surface area contributed by atoms with Crippen LogP contribution in [-0.4, -0.2) is 8.86 Å². The van der Waals surface area contributed by atoms with Crippen molar-refractivity contribution in [2.24, 2.45) is 5.92 Å². The van der Waals surface area contributed by atoms with Gasteiger partial charge in [-0.15, -0.1) is 0 Å². The van der Waals surface area contributed by atoms with Crippen LogP contribution in [0.2, 0.25) is 0 Å². The zero-order valence-corrected chi connectivity index (χ0v) is 8.77. The lowest BCUT2D eigenvalue weighted by Gasteiger charge is -2.00. The van der Waals surface area contributed by atoms with Gasteiger partial charge in [-0.3, -0.25) is 0 Å². The van der Waals surface area contributed by atoms with E-state index in [0.29, 0.717) is 0 Å². The summed E-state index contributed by atoms with van der Waals surface area (Å²) in [6.07, 6.45) is 1.38. The second-order valence-corrected chi connectivity index (χ2v) is 3.70. The Labute approximate surface area is 72.7 Å². The maximum Gasteiger partial charge on any atom is 0.00213 e. The van der Waals surface area contributed by atoms with Crippen molar-refractivity contribution in [3.05, 3.63) is 0 Å². The molecule has 0 amide bonds. The zero-order valence-electron chi connectivity index (χ0n) is 4.45. The van der Waals surface area contributed by atoms with Crippen LogP contribution in [0.25, 0.3) is 0 Å². The molecular formula is C5H10I2. The lowest BCUT2D eigenvalue weighted by molar-refractivity contribution is 0.658. The Morgan fingerprint density at radius 2 is 2.00 bits per heavy atom. The van der Waals surface area contributed by atoms with Crippen molar-refractivity contribution in [3.63, 3.8) is 0 Å². The Balaban J connectivity index is 2.83. The molecule has 0 aliphatic carbocycles. The molecule has 0 spiro atoms. The minimum Gasteiger partial charge on any atom is -0.0864 e. The Kier molecular flexibility index (Phi) is 6.76. The van der Waals surface area contributed by atoms with Gasteiger partial charge >= 0.3 is 0 Å². The molecule has 0 aliphatic rings. The quantitative estimate of drug-likeness (QED) is 0.553. The Hall–Kier alpha value is 1.46. The molecule has 7 heavy (non-hydrogen) atoms. The highest BCUT2D eigenvalue weighted by atomic mass is 127. The molecule has 0 heterocycles. The van der Waals surface area contributed by atoms with E-state index in [-0.39, 0.29) is 0 Å². The molecule has 1 atom stereocenters. The second kappa shape index (κ2) is 5.59. The van der Waals surface area contributed by atoms with Gasteiger partial charge in [0.05, 0.1) is 0 Å². The van der Waals surface area contributed by atoms with Gasteiger partial charge in [0.25, 0.3) is 0 Å². The van der Waals surface area contributed by atoms with Gasteiger partial charge in [0.15, 0.2) is 0 Å². The number of hydrogen-bond donors (Lipinski definition) is 0. The predicted molar refractivity (Wildman–Crippen MR) is 51.6 cm³/mol. The van der Waals surface area contributed by atoms with Crippen molar-refractivity contribution in [2.45, 2.75) is 13.3 Å². The molecule has 0 aromatic carbocycles. The van der Waals surface area contributed by atoms with Crippen molar-refractivity contribution < 1.29 is 0 Å². The van der Waals surface area contributed by atoms with Crippen LogP contribution in [-0.2, 0) is 0 Å². The first-order valence-corrected chi connectivity index (χ1v) is 5.48. The largest absolute Gasteiger partial charge is 0.0864 e. The van der Waals surface area contributed by atoms with Crippen LogP contribution in [0.3, 0.4) is 0 Å². The molecule has 0 fully saturated rings. The van der Waals surface area contributed by atoms with Gasteiger partial charge in [0.2, 0.25) is 0 Å². The van der Waals surface area contributed by atoms with Crippen LogP contribution in [0.15, 0.2) is 0 Å². The van der Waals surface area contributed by atoms with Crippen LogP contribution >= 0.6 is 45.2 Å². The minimum atomic E-state index is 0.928. The molecule has 0 aliphatic heterocycles. The van der Waals surface area contributed by atoms with E-state index in [1.807, 2.05) is 0 Å². The molecule has 0 bridgehead atoms. The summed E-state index contributed by atoms with van der Waals surface area (Å²) in [4.78, 5) is 0. The third-order valence-corrected chi connectivity index (χ3v) is 2.99. The minimum absolute atomic E-state index is 0.928. The molecule has 0 N–H and O–H groups in total. The highest BCUT2D eigenvalue weighted by Crippen LogP contribution is 2.06. The van der Waals surface area contributed by atoms with Crippen LogP contribution in [0.1, 0.15) is 13.3 Å². The van der Waals surface area contributed by atoms with Gasteiger partial charge in [-0.05, 0) is 16.8 Å². The smallest absolute Gasteiger partial charge is 0.00213 e. The normalized spacial score (nSPS) is 14.1. The van der Waals surface area contributed by atoms with Crippen molar-refractivity contribution in [1.82, 2.24) is 0 Å². The van der Waals surface area contributed by atoms with Gasteiger partial charge in [0.1, 0.15) is 0 Å². The fourth-order valence-electron chi connectivity index (χ4n) is 0.263. The summed E-state index contributed by atoms with van der Waals surface area (Å²) in [5.74, 6) is 0.928. The lowest BCUT2D eigenvalue weighted by Crippen LogP contribution is -1.94. The monoisotopic (exact) mass is 324 g/mol. The summed E-state index contributed by atoms with van der Waals surface area (Å²) >= 11 is 4.86. The molecule has 0 saturated carbocycles. The van der Waals surface area contributed by atoms with Gasteiger partial charge in [-0.1, -0.05) is 52.1 Å². The molecule has 44 valence electrons. The van der Waals surface area contributed by atoms with Gasteiger partial charge in [-0.2, -0.15) is 0 Å². The summed E-state index contributed by atoms with van der Waals surface area (Å²) in [5.41, 5.74) is 0. The van der Waals surface area contributed by atoms with E-state index in [1.165, 1.54) is 15.3 Å². The molecule has 0 rings (SSSR count). The Morgan fingerprint density at radius 3 is 2.14 bits per heavy atom. The van der Waals surface area contributed by atoms with Crippen LogP contribution < -0.4 is 0 Å². The van der Waals surface area contributed by atoms with E-state index in [0.717, 1.165) is 5.92 Å². The summed E-state index contributed by atoms with van der Waals surface area (Å²) in [5, 5.41) is 0. The summed E-state index contributed by atoms with van der Waals surface area (Å²) in [6.45, 7) is 2.30. The van der Waals surface area contributed by atoms with E-state index in [4.69, 9.17) is 0 Å². The van der Waals surface area contributed by atoms with E-state index >= 15 is 0 Å². The van der Waals surface area contributed by atoms with Crippen LogP contribution in [0.4, 0.5) is 0 Å². The van der Waals surface area contributed by atoms with Crippen LogP contribution in [0, 0.1) is 5.92 Å². The topological polar surface area (TPSA) is 0 Å². The lowest BCUT2D eigenvalue weighted by atomic mass is 10.2. The summed E-state index contributed by atoms with van der Waals surface area (Å²) < 4.78 is 2.61. The number of rotatable bonds is 3. The van der Waals surface area contributed by atoms with Crippen molar-refractivity contribution in [1.29, 1.82) is 0 Å². The van der Waals surface area contributed by atoms with E-state index < -0.39 is 0 Å². The third kappa shape index (κ3) is 5.33. The fourth-order valence-corrected chi connectivity index (χ4v) is 1.77. The molecule has 0 unspecified atom stereocenters. The average molecular weight is 324 g/mol. The predicted octanol–water partition coefficient (Wildman–Crippen LogP) is 2.88. The van der Waals surface area contributed by atoms with Gasteiger partial charge in [0, 0.05) is 4.43 Å². The number of alkyl halides is 2. The highest BCUT2D eigenvalue weighted by Gasteiger charge is 1.94. The molecule has 0 aromatic rings. The number of halogens is 2. The van der Waals surface area contributed by atoms with Crippen molar-refractivity contribution >= 4 is 45.2 Å². The molecule has 0 nitrogen and oxygen atoms in total. The molecule has 0 aromatic heterocycles. The SMILES string of the molecule is C[C@H](CI)CCI. The second-order valence-electron chi connectivity index (χ2n) is 1.74. The first-order valence-electron chi connectivity index (χ1n) is 2.43. The Morgan fingerprint density at radius 1 is 1.43 bits per heavy atom. The maximum absolute atomic E-state index is 2.43. The molecular weight excluding hydrogens is 314 g/mol. The zero-order chi connectivity index (χ0) is 5.70. The van der Waals surface area contributed by atoms with Crippen molar-refractivity contribution in [2.75, 3.05) is 8.86 Å². The van der Waals surface area contributed by atoms with Crippen LogP contribution in [0.5, 0.6) is 0 Å². The summed E-state index contributed by atoms with van der Waals surface area (Å²) in [7, 11) is 0. The molecule has 0 radical (unpaired) electrons. The average Bonchev–Trinajstić information content (AvgIpc) is 1.68. The number of hydrogen-bond acceptors (Lipinski definition) is 0. The molecule has 2 heteroatoms. The van der Waals surface area contributed by atoms with Gasteiger partial charge < -0.3 is 0 Å². The van der Waals surface area contributed by atoms with E-state index in [1.54, 1.807) is 0 Å². The fraction of sp³-hybridized carbons (Fsp3) is 1.00. The van der Waals surface area contributed by atoms with Gasteiger partial charge in [-0.25, -0.2) is 0 Å². The Bertz CT molecular complexity index is 37.1. The van der Waals surface area contributed by atoms with E-state index in [2.05, 4.69) is 52.1 Å². The first-order chi connectivity index (χ1) is 3.31. The standard InChI is InChI=1S/C5H10I2/c1-5(4-7)2-3-6/h5H,2-4H2,1H3/t5-/m0/s1. The first kappa shape index (κ1) is 8.46. The molecule has 0 saturated heterocycles. The summed E-state index contributed by atoms with van der Waals surface area (Å²) in [6, 6.07) is 0. The third-order valence-electron chi connectivity index (χ3n) is 0.865. The highest BCUT2D eigenvalue weighted by molar-refractivity contribution is 14.1. The van der Waals surface area contributed by atoms with E-state index in [9.17, 15) is 0 Å². The maximum atomic E-state index is 2.43.